The highest BCUT2D eigenvalue weighted by Crippen LogP contribution is 2.38. The van der Waals surface area contributed by atoms with Gasteiger partial charge in [0.1, 0.15) is 11.6 Å². The van der Waals surface area contributed by atoms with Crippen molar-refractivity contribution in [3.8, 4) is 16.9 Å². The first kappa shape index (κ1) is 29.5. The summed E-state index contributed by atoms with van der Waals surface area (Å²) in [6, 6.07) is 15.5. The van der Waals surface area contributed by atoms with Crippen molar-refractivity contribution in [2.45, 2.75) is 64.1 Å². The Morgan fingerprint density at radius 1 is 0.816 bits per heavy atom. The zero-order valence-corrected chi connectivity index (χ0v) is 21.1. The molecule has 1 nitrogen and oxygen atoms in total. The molecule has 0 atom stereocenters. The summed E-state index contributed by atoms with van der Waals surface area (Å²) in [6.07, 6.45) is 2.24. The number of aryl methyl sites for hydroxylation is 1. The molecule has 8 heteroatoms. The summed E-state index contributed by atoms with van der Waals surface area (Å²) in [6.45, 7) is 1.92. The molecule has 0 N–H and O–H groups in total. The van der Waals surface area contributed by atoms with E-state index in [9.17, 15) is 30.7 Å². The average molecular weight is 541 g/mol. The van der Waals surface area contributed by atoms with Gasteiger partial charge in [-0.05, 0) is 85.3 Å². The number of hydrogen-bond donors (Lipinski definition) is 0. The molecule has 1 aliphatic carbocycles. The standard InChI is InChI=1S/C23H28F2.C7H3F5O/c1-2-3-18-6-13-22(23(25)16-18)21-11-9-20(10-12-21)19-7-4-17(5-8-19)14-15-24;8-4-1-2-6(5(9)3-4)13-7(10,11)12/h6,9-13,16-17,19H,2-5,7-8,14-15H2,1H3;1-3H. The lowest BCUT2D eigenvalue weighted by molar-refractivity contribution is -0.275. The van der Waals surface area contributed by atoms with E-state index in [1.54, 1.807) is 6.07 Å². The minimum absolute atomic E-state index is 0.134. The van der Waals surface area contributed by atoms with E-state index in [4.69, 9.17) is 0 Å². The third-order valence-electron chi connectivity index (χ3n) is 6.75. The van der Waals surface area contributed by atoms with Crippen molar-refractivity contribution < 1.29 is 35.5 Å². The van der Waals surface area contributed by atoms with Crippen LogP contribution in [0.3, 0.4) is 0 Å². The summed E-state index contributed by atoms with van der Waals surface area (Å²) >= 11 is 0. The van der Waals surface area contributed by atoms with Crippen molar-refractivity contribution in [2.75, 3.05) is 6.67 Å². The second-order valence-electron chi connectivity index (χ2n) is 9.50. The average Bonchev–Trinajstić information content (AvgIpc) is 2.87. The van der Waals surface area contributed by atoms with Crippen LogP contribution in [0.25, 0.3) is 11.1 Å². The van der Waals surface area contributed by atoms with E-state index in [0.29, 0.717) is 35.6 Å². The number of alkyl halides is 4. The molecule has 0 amide bonds. The van der Waals surface area contributed by atoms with E-state index in [1.807, 2.05) is 24.3 Å². The molecule has 0 radical (unpaired) electrons. The fraction of sp³-hybridized carbons (Fsp3) is 0.400. The molecule has 1 saturated carbocycles. The molecule has 1 fully saturated rings. The van der Waals surface area contributed by atoms with Crippen LogP contribution in [0.15, 0.2) is 60.7 Å². The van der Waals surface area contributed by atoms with Crippen LogP contribution in [0.2, 0.25) is 0 Å². The molecule has 0 saturated heterocycles. The van der Waals surface area contributed by atoms with Crippen LogP contribution >= 0.6 is 0 Å². The molecule has 0 unspecified atom stereocenters. The zero-order valence-electron chi connectivity index (χ0n) is 21.1. The zero-order chi connectivity index (χ0) is 27.7. The summed E-state index contributed by atoms with van der Waals surface area (Å²) in [5.74, 6) is -2.40. The number of halogens is 7. The predicted molar refractivity (Wildman–Crippen MR) is 134 cm³/mol. The van der Waals surface area contributed by atoms with Crippen molar-refractivity contribution in [3.63, 3.8) is 0 Å². The normalized spacial score (nSPS) is 17.5. The van der Waals surface area contributed by atoms with Gasteiger partial charge < -0.3 is 4.74 Å². The first-order valence-electron chi connectivity index (χ1n) is 12.7. The largest absolute Gasteiger partial charge is 0.573 e. The minimum atomic E-state index is -4.97. The third-order valence-corrected chi connectivity index (χ3v) is 6.75. The maximum atomic E-state index is 14.4. The van der Waals surface area contributed by atoms with Gasteiger partial charge in [0.2, 0.25) is 0 Å². The van der Waals surface area contributed by atoms with Crippen LogP contribution < -0.4 is 4.74 Å². The van der Waals surface area contributed by atoms with Gasteiger partial charge in [-0.2, -0.15) is 0 Å². The van der Waals surface area contributed by atoms with Gasteiger partial charge in [0, 0.05) is 11.6 Å². The number of hydrogen-bond acceptors (Lipinski definition) is 1. The molecule has 206 valence electrons. The van der Waals surface area contributed by atoms with Gasteiger partial charge >= 0.3 is 6.36 Å². The van der Waals surface area contributed by atoms with E-state index in [-0.39, 0.29) is 12.5 Å². The predicted octanol–water partition coefficient (Wildman–Crippen LogP) is 9.94. The Morgan fingerprint density at radius 3 is 2.05 bits per heavy atom. The lowest BCUT2D eigenvalue weighted by Crippen LogP contribution is -2.17. The number of benzene rings is 3. The lowest BCUT2D eigenvalue weighted by atomic mass is 9.77. The van der Waals surface area contributed by atoms with E-state index in [0.717, 1.165) is 56.1 Å². The monoisotopic (exact) mass is 540 g/mol. The van der Waals surface area contributed by atoms with Gasteiger partial charge in [0.15, 0.2) is 11.6 Å². The second kappa shape index (κ2) is 13.7. The molecule has 3 aromatic rings. The van der Waals surface area contributed by atoms with E-state index in [2.05, 4.69) is 23.8 Å². The molecule has 1 aliphatic rings. The van der Waals surface area contributed by atoms with Gasteiger partial charge in [0.05, 0.1) is 6.67 Å². The Kier molecular flexibility index (Phi) is 10.6. The molecule has 0 heterocycles. The van der Waals surface area contributed by atoms with Gasteiger partial charge in [-0.3, -0.25) is 4.39 Å². The van der Waals surface area contributed by atoms with Crippen molar-refractivity contribution in [2.24, 2.45) is 5.92 Å². The lowest BCUT2D eigenvalue weighted by Gasteiger charge is -2.28. The summed E-state index contributed by atoms with van der Waals surface area (Å²) in [4.78, 5) is 0. The van der Waals surface area contributed by atoms with Crippen LogP contribution in [0, 0.1) is 23.4 Å². The SMILES string of the molecule is CCCc1ccc(-c2ccc(C3CCC(CCF)CC3)cc2)c(F)c1.Fc1ccc(OC(F)(F)F)c(F)c1. The van der Waals surface area contributed by atoms with Crippen LogP contribution in [-0.4, -0.2) is 13.0 Å². The van der Waals surface area contributed by atoms with E-state index >= 15 is 0 Å². The number of ether oxygens (including phenoxy) is 1. The molecule has 38 heavy (non-hydrogen) atoms. The highest BCUT2D eigenvalue weighted by atomic mass is 19.4. The highest BCUT2D eigenvalue weighted by Gasteiger charge is 2.32. The molecule has 0 aromatic heterocycles. The van der Waals surface area contributed by atoms with Crippen molar-refractivity contribution >= 4 is 0 Å². The molecule has 3 aromatic carbocycles. The molecule has 4 rings (SSSR count). The van der Waals surface area contributed by atoms with Gasteiger partial charge in [-0.1, -0.05) is 49.7 Å². The topological polar surface area (TPSA) is 9.23 Å². The van der Waals surface area contributed by atoms with Crippen molar-refractivity contribution in [1.29, 1.82) is 0 Å². The van der Waals surface area contributed by atoms with Crippen LogP contribution in [0.1, 0.15) is 62.5 Å². The third kappa shape index (κ3) is 8.77. The fourth-order valence-corrected chi connectivity index (χ4v) is 4.79. The van der Waals surface area contributed by atoms with Gasteiger partial charge in [-0.25, -0.2) is 13.2 Å². The van der Waals surface area contributed by atoms with Crippen LogP contribution in [0.4, 0.5) is 30.7 Å². The summed E-state index contributed by atoms with van der Waals surface area (Å²) in [5.41, 5.74) is 4.02. The Balaban J connectivity index is 0.000000260. The van der Waals surface area contributed by atoms with E-state index < -0.39 is 23.7 Å². The van der Waals surface area contributed by atoms with Gasteiger partial charge in [0.25, 0.3) is 0 Å². The quantitative estimate of drug-likeness (QED) is 0.271. The van der Waals surface area contributed by atoms with Gasteiger partial charge in [-0.15, -0.1) is 13.2 Å². The Bertz CT molecular complexity index is 1150. The Hall–Kier alpha value is -3.03. The Morgan fingerprint density at radius 2 is 1.50 bits per heavy atom. The first-order valence-corrected chi connectivity index (χ1v) is 12.7. The Labute approximate surface area is 218 Å². The van der Waals surface area contributed by atoms with Crippen LogP contribution in [0.5, 0.6) is 5.75 Å². The fourth-order valence-electron chi connectivity index (χ4n) is 4.79. The van der Waals surface area contributed by atoms with Crippen molar-refractivity contribution in [3.05, 3.63) is 89.2 Å². The smallest absolute Gasteiger partial charge is 0.403 e. The summed E-state index contributed by atoms with van der Waals surface area (Å²) < 4.78 is 89.5. The van der Waals surface area contributed by atoms with Crippen molar-refractivity contribution in [1.82, 2.24) is 0 Å². The summed E-state index contributed by atoms with van der Waals surface area (Å²) in [5, 5.41) is 0. The molecule has 0 bridgehead atoms. The highest BCUT2D eigenvalue weighted by molar-refractivity contribution is 5.65. The maximum absolute atomic E-state index is 14.4. The first-order chi connectivity index (χ1) is 18.1. The van der Waals surface area contributed by atoms with Crippen LogP contribution in [-0.2, 0) is 6.42 Å². The minimum Gasteiger partial charge on any atom is -0.403 e. The molecule has 0 aliphatic heterocycles. The molecule has 0 spiro atoms. The summed E-state index contributed by atoms with van der Waals surface area (Å²) in [7, 11) is 0. The number of rotatable bonds is 7. The maximum Gasteiger partial charge on any atom is 0.573 e. The second-order valence-corrected chi connectivity index (χ2v) is 9.50. The van der Waals surface area contributed by atoms with E-state index in [1.165, 1.54) is 5.56 Å². The molecular formula is C30H31F7O. The molecular weight excluding hydrogens is 509 g/mol.